The van der Waals surface area contributed by atoms with Gasteiger partial charge < -0.3 is 10.1 Å². The monoisotopic (exact) mass is 358 g/mol. The summed E-state index contributed by atoms with van der Waals surface area (Å²) in [7, 11) is 0. The van der Waals surface area contributed by atoms with Crippen molar-refractivity contribution in [3.8, 4) is 5.75 Å². The molecule has 2 rings (SSSR count). The second kappa shape index (κ2) is 6.93. The molecule has 1 N–H and O–H groups in total. The van der Waals surface area contributed by atoms with Gasteiger partial charge in [0.1, 0.15) is 11.3 Å². The zero-order valence-electron chi connectivity index (χ0n) is 14.3. The smallest absolute Gasteiger partial charge is 0.422 e. The summed E-state index contributed by atoms with van der Waals surface area (Å²) in [4.78, 5) is 25.8. The SMILES string of the molecule is CC(C)CC1(C)NC(=O)N(Cc2cccc(OCC(F)(F)F)c2)C1=O. The van der Waals surface area contributed by atoms with Gasteiger partial charge >= 0.3 is 12.2 Å². The molecule has 1 aliphatic rings. The molecule has 1 unspecified atom stereocenters. The van der Waals surface area contributed by atoms with Gasteiger partial charge in [0.25, 0.3) is 5.91 Å². The second-order valence-corrected chi connectivity index (χ2v) is 6.80. The highest BCUT2D eigenvalue weighted by Gasteiger charge is 2.47. The third kappa shape index (κ3) is 4.87. The van der Waals surface area contributed by atoms with Crippen LogP contribution in [0, 0.1) is 5.92 Å². The molecule has 8 heteroatoms. The van der Waals surface area contributed by atoms with Gasteiger partial charge in [-0.05, 0) is 37.0 Å². The maximum Gasteiger partial charge on any atom is 0.422 e. The molecule has 0 saturated carbocycles. The Balaban J connectivity index is 2.09. The summed E-state index contributed by atoms with van der Waals surface area (Å²) in [5.41, 5.74) is -0.452. The van der Waals surface area contributed by atoms with Gasteiger partial charge in [-0.1, -0.05) is 26.0 Å². The largest absolute Gasteiger partial charge is 0.484 e. The van der Waals surface area contributed by atoms with Gasteiger partial charge in [0.2, 0.25) is 0 Å². The number of hydrogen-bond donors (Lipinski definition) is 1. The van der Waals surface area contributed by atoms with Crippen molar-refractivity contribution in [2.24, 2.45) is 5.92 Å². The van der Waals surface area contributed by atoms with Crippen LogP contribution in [-0.4, -0.2) is 35.2 Å². The van der Waals surface area contributed by atoms with Crippen molar-refractivity contribution in [3.05, 3.63) is 29.8 Å². The first-order valence-electron chi connectivity index (χ1n) is 7.93. The summed E-state index contributed by atoms with van der Waals surface area (Å²) >= 11 is 0. The number of carbonyl (C=O) groups is 2. The zero-order chi connectivity index (χ0) is 18.8. The zero-order valence-corrected chi connectivity index (χ0v) is 14.3. The highest BCUT2D eigenvalue weighted by Crippen LogP contribution is 2.27. The molecule has 1 aromatic rings. The number of nitrogens with one attached hydrogen (secondary N) is 1. The fraction of sp³-hybridized carbons (Fsp3) is 0.529. The summed E-state index contributed by atoms with van der Waals surface area (Å²) in [6.07, 6.45) is -3.93. The van der Waals surface area contributed by atoms with Crippen LogP contribution in [0.3, 0.4) is 0 Å². The van der Waals surface area contributed by atoms with Crippen LogP contribution in [0.25, 0.3) is 0 Å². The molecule has 5 nitrogen and oxygen atoms in total. The predicted octanol–water partition coefficient (Wildman–Crippen LogP) is 3.48. The van der Waals surface area contributed by atoms with Crippen LogP contribution in [0.4, 0.5) is 18.0 Å². The van der Waals surface area contributed by atoms with Crippen LogP contribution in [0.2, 0.25) is 0 Å². The van der Waals surface area contributed by atoms with Crippen molar-refractivity contribution in [1.29, 1.82) is 0 Å². The summed E-state index contributed by atoms with van der Waals surface area (Å²) in [6.45, 7) is 4.16. The first-order chi connectivity index (χ1) is 11.5. The average molecular weight is 358 g/mol. The average Bonchev–Trinajstić information content (AvgIpc) is 2.67. The molecule has 0 spiro atoms. The fourth-order valence-corrected chi connectivity index (χ4v) is 2.93. The van der Waals surface area contributed by atoms with Crippen LogP contribution in [0.15, 0.2) is 24.3 Å². The third-order valence-corrected chi connectivity index (χ3v) is 3.80. The molecule has 3 amide bonds. The van der Waals surface area contributed by atoms with E-state index in [-0.39, 0.29) is 24.1 Å². The van der Waals surface area contributed by atoms with Crippen molar-refractivity contribution >= 4 is 11.9 Å². The highest BCUT2D eigenvalue weighted by molar-refractivity contribution is 6.06. The number of benzene rings is 1. The van der Waals surface area contributed by atoms with E-state index < -0.39 is 24.4 Å². The van der Waals surface area contributed by atoms with Gasteiger partial charge in [-0.2, -0.15) is 13.2 Å². The maximum absolute atomic E-state index is 12.6. The van der Waals surface area contributed by atoms with Crippen LogP contribution in [0.5, 0.6) is 5.75 Å². The van der Waals surface area contributed by atoms with Gasteiger partial charge in [0, 0.05) is 0 Å². The van der Waals surface area contributed by atoms with Gasteiger partial charge in [-0.3, -0.25) is 9.69 Å². The third-order valence-electron chi connectivity index (χ3n) is 3.80. The van der Waals surface area contributed by atoms with Crippen molar-refractivity contribution in [2.75, 3.05) is 6.61 Å². The van der Waals surface area contributed by atoms with Gasteiger partial charge in [0.05, 0.1) is 6.54 Å². The van der Waals surface area contributed by atoms with Crippen molar-refractivity contribution < 1.29 is 27.5 Å². The van der Waals surface area contributed by atoms with Crippen LogP contribution < -0.4 is 10.1 Å². The van der Waals surface area contributed by atoms with Gasteiger partial charge in [0.15, 0.2) is 6.61 Å². The Kier molecular flexibility index (Phi) is 5.29. The van der Waals surface area contributed by atoms with E-state index in [1.165, 1.54) is 18.2 Å². The molecule has 0 radical (unpaired) electrons. The van der Waals surface area contributed by atoms with Crippen LogP contribution in [-0.2, 0) is 11.3 Å². The molecular formula is C17H21F3N2O3. The normalized spacial score (nSPS) is 21.0. The number of halogens is 3. The van der Waals surface area contributed by atoms with Crippen molar-refractivity contribution in [2.45, 2.75) is 45.5 Å². The van der Waals surface area contributed by atoms with Crippen molar-refractivity contribution in [1.82, 2.24) is 10.2 Å². The van der Waals surface area contributed by atoms with E-state index in [0.29, 0.717) is 12.0 Å². The lowest BCUT2D eigenvalue weighted by molar-refractivity contribution is -0.153. The standard InChI is InChI=1S/C17H21F3N2O3/c1-11(2)8-16(3)14(23)22(15(24)21-16)9-12-5-4-6-13(7-12)25-10-17(18,19)20/h4-7,11H,8-10H2,1-3H3,(H,21,24). The number of rotatable bonds is 6. The Labute approximate surface area is 144 Å². The Morgan fingerprint density at radius 1 is 1.28 bits per heavy atom. The molecule has 1 heterocycles. The lowest BCUT2D eigenvalue weighted by atomic mass is 9.91. The van der Waals surface area contributed by atoms with Crippen LogP contribution in [0.1, 0.15) is 32.8 Å². The summed E-state index contributed by atoms with van der Waals surface area (Å²) in [6, 6.07) is 5.43. The highest BCUT2D eigenvalue weighted by atomic mass is 19.4. The Bertz CT molecular complexity index is 661. The Hall–Kier alpha value is -2.25. The lowest BCUT2D eigenvalue weighted by Crippen LogP contribution is -2.44. The van der Waals surface area contributed by atoms with Crippen molar-refractivity contribution in [3.63, 3.8) is 0 Å². The fourth-order valence-electron chi connectivity index (χ4n) is 2.93. The number of hydrogen-bond acceptors (Lipinski definition) is 3. The van der Waals surface area contributed by atoms with E-state index in [2.05, 4.69) is 5.32 Å². The van der Waals surface area contributed by atoms with E-state index in [0.717, 1.165) is 4.90 Å². The van der Waals surface area contributed by atoms with E-state index in [9.17, 15) is 22.8 Å². The molecule has 1 aliphatic heterocycles. The Morgan fingerprint density at radius 3 is 2.56 bits per heavy atom. The summed E-state index contributed by atoms with van der Waals surface area (Å²) in [5, 5.41) is 2.70. The number of alkyl halides is 3. The molecule has 0 aliphatic carbocycles. The minimum Gasteiger partial charge on any atom is -0.484 e. The molecular weight excluding hydrogens is 337 g/mol. The maximum atomic E-state index is 12.6. The van der Waals surface area contributed by atoms with E-state index in [1.54, 1.807) is 13.0 Å². The quantitative estimate of drug-likeness (QED) is 0.792. The number of urea groups is 1. The topological polar surface area (TPSA) is 58.6 Å². The molecule has 1 saturated heterocycles. The number of amides is 3. The minimum absolute atomic E-state index is 0.0262. The van der Waals surface area contributed by atoms with E-state index in [4.69, 9.17) is 4.74 Å². The molecule has 1 aromatic carbocycles. The van der Waals surface area contributed by atoms with E-state index in [1.807, 2.05) is 13.8 Å². The molecule has 138 valence electrons. The first-order valence-corrected chi connectivity index (χ1v) is 7.93. The molecule has 1 fully saturated rings. The predicted molar refractivity (Wildman–Crippen MR) is 84.9 cm³/mol. The number of imide groups is 1. The Morgan fingerprint density at radius 2 is 1.96 bits per heavy atom. The number of ether oxygens (including phenoxy) is 1. The van der Waals surface area contributed by atoms with E-state index >= 15 is 0 Å². The minimum atomic E-state index is -4.43. The molecule has 25 heavy (non-hydrogen) atoms. The summed E-state index contributed by atoms with van der Waals surface area (Å²) in [5.74, 6) is -0.0899. The summed E-state index contributed by atoms with van der Waals surface area (Å²) < 4.78 is 41.4. The number of carbonyl (C=O) groups excluding carboxylic acids is 2. The van der Waals surface area contributed by atoms with Gasteiger partial charge in [-0.15, -0.1) is 0 Å². The van der Waals surface area contributed by atoms with Crippen LogP contribution >= 0.6 is 0 Å². The molecule has 1 atom stereocenters. The lowest BCUT2D eigenvalue weighted by Gasteiger charge is -2.23. The first kappa shape index (κ1) is 19.1. The molecule has 0 aromatic heterocycles. The second-order valence-electron chi connectivity index (χ2n) is 6.80. The number of nitrogens with zero attached hydrogens (tertiary/aromatic N) is 1. The molecule has 0 bridgehead atoms. The van der Waals surface area contributed by atoms with Gasteiger partial charge in [-0.25, -0.2) is 4.79 Å².